The lowest BCUT2D eigenvalue weighted by Gasteiger charge is -2.26. The van der Waals surface area contributed by atoms with Crippen molar-refractivity contribution in [2.24, 2.45) is 0 Å². The maximum Gasteiger partial charge on any atom is 0.335 e. The van der Waals surface area contributed by atoms with Crippen LogP contribution in [0.2, 0.25) is 0 Å². The van der Waals surface area contributed by atoms with Gasteiger partial charge >= 0.3 is 6.03 Å². The molecule has 190 valence electrons. The van der Waals surface area contributed by atoms with Crippen molar-refractivity contribution in [2.75, 3.05) is 12.0 Å². The van der Waals surface area contributed by atoms with E-state index in [9.17, 15) is 14.4 Å². The van der Waals surface area contributed by atoms with E-state index in [1.165, 1.54) is 13.2 Å². The lowest BCUT2D eigenvalue weighted by molar-refractivity contribution is -0.122. The highest BCUT2D eigenvalue weighted by Crippen LogP contribution is 2.36. The Morgan fingerprint density at radius 2 is 1.68 bits per heavy atom. The Balaban J connectivity index is 1.42. The van der Waals surface area contributed by atoms with Crippen molar-refractivity contribution < 1.29 is 23.9 Å². The normalized spacial score (nSPS) is 14.7. The molecule has 1 saturated heterocycles. The fourth-order valence-electron chi connectivity index (χ4n) is 4.10. The van der Waals surface area contributed by atoms with Gasteiger partial charge in [0.25, 0.3) is 11.8 Å². The molecule has 0 aromatic heterocycles. The summed E-state index contributed by atoms with van der Waals surface area (Å²) in [4.78, 5) is 39.2. The van der Waals surface area contributed by atoms with E-state index in [4.69, 9.17) is 9.47 Å². The molecule has 1 N–H and O–H groups in total. The zero-order valence-corrected chi connectivity index (χ0v) is 23.8. The number of benzene rings is 4. The number of amides is 4. The molecule has 0 aliphatic carbocycles. The van der Waals surface area contributed by atoms with E-state index < -0.39 is 17.8 Å². The minimum absolute atomic E-state index is 0.171. The van der Waals surface area contributed by atoms with Gasteiger partial charge in [-0.15, -0.1) is 0 Å². The SMILES string of the molecule is COc1cc(/C=C2\C(=O)NC(=O)N(c3ccc(Br)cc3)C2=O)cc(I)c1OCc1ccc2ccccc2c1. The number of halogens is 2. The number of urea groups is 1. The zero-order valence-electron chi connectivity index (χ0n) is 20.0. The predicted molar refractivity (Wildman–Crippen MR) is 157 cm³/mol. The van der Waals surface area contributed by atoms with Gasteiger partial charge in [-0.25, -0.2) is 9.69 Å². The summed E-state index contributed by atoms with van der Waals surface area (Å²) in [7, 11) is 1.53. The van der Waals surface area contributed by atoms with E-state index in [1.807, 2.05) is 18.2 Å². The van der Waals surface area contributed by atoms with Gasteiger partial charge in [-0.1, -0.05) is 52.3 Å². The third kappa shape index (κ3) is 5.30. The molecule has 4 aromatic rings. The summed E-state index contributed by atoms with van der Waals surface area (Å²) in [5, 5.41) is 4.52. The molecule has 1 aliphatic rings. The number of hydrogen-bond acceptors (Lipinski definition) is 5. The highest BCUT2D eigenvalue weighted by molar-refractivity contribution is 14.1. The van der Waals surface area contributed by atoms with E-state index >= 15 is 0 Å². The van der Waals surface area contributed by atoms with Crippen LogP contribution in [0.15, 0.2) is 88.9 Å². The quantitative estimate of drug-likeness (QED) is 0.143. The third-order valence-corrected chi connectivity index (χ3v) is 7.28. The van der Waals surface area contributed by atoms with Crippen LogP contribution in [0, 0.1) is 3.57 Å². The summed E-state index contributed by atoms with van der Waals surface area (Å²) in [6, 6.07) is 23.6. The van der Waals surface area contributed by atoms with Crippen LogP contribution < -0.4 is 19.7 Å². The highest BCUT2D eigenvalue weighted by atomic mass is 127. The first-order valence-corrected chi connectivity index (χ1v) is 13.4. The topological polar surface area (TPSA) is 84.9 Å². The van der Waals surface area contributed by atoms with Gasteiger partial charge in [-0.2, -0.15) is 0 Å². The average molecular weight is 683 g/mol. The number of anilines is 1. The van der Waals surface area contributed by atoms with E-state index in [-0.39, 0.29) is 5.57 Å². The second-order valence-corrected chi connectivity index (χ2v) is 10.5. The van der Waals surface area contributed by atoms with Crippen LogP contribution in [0.25, 0.3) is 16.8 Å². The maximum atomic E-state index is 13.2. The lowest BCUT2D eigenvalue weighted by Crippen LogP contribution is -2.54. The number of hydrogen-bond donors (Lipinski definition) is 1. The molecule has 7 nitrogen and oxygen atoms in total. The molecule has 0 bridgehead atoms. The average Bonchev–Trinajstić information content (AvgIpc) is 2.91. The fraction of sp³-hybridized carbons (Fsp3) is 0.0690. The molecule has 38 heavy (non-hydrogen) atoms. The molecule has 4 aromatic carbocycles. The Morgan fingerprint density at radius 3 is 2.42 bits per heavy atom. The number of nitrogens with zero attached hydrogens (tertiary/aromatic N) is 1. The van der Waals surface area contributed by atoms with Crippen LogP contribution >= 0.6 is 38.5 Å². The smallest absolute Gasteiger partial charge is 0.335 e. The van der Waals surface area contributed by atoms with Gasteiger partial charge in [0.15, 0.2) is 11.5 Å². The van der Waals surface area contributed by atoms with Gasteiger partial charge in [0.2, 0.25) is 0 Å². The van der Waals surface area contributed by atoms with Gasteiger partial charge in [-0.3, -0.25) is 14.9 Å². The summed E-state index contributed by atoms with van der Waals surface area (Å²) in [5.74, 6) is -0.478. The standard InChI is InChI=1S/C29H20BrIN2O5/c1-37-25-15-18(13-23-27(34)32-29(36)33(28(23)35)22-10-8-21(30)9-11-22)14-24(31)26(25)38-16-17-6-7-19-4-2-3-5-20(19)12-17/h2-15H,16H2,1H3,(H,32,34,36)/b23-13+. The molecule has 0 unspecified atom stereocenters. The summed E-state index contributed by atoms with van der Waals surface area (Å²) < 4.78 is 13.2. The van der Waals surface area contributed by atoms with Gasteiger partial charge < -0.3 is 9.47 Å². The molecule has 0 atom stereocenters. The number of imide groups is 2. The van der Waals surface area contributed by atoms with E-state index in [0.29, 0.717) is 29.4 Å². The Morgan fingerprint density at radius 1 is 0.947 bits per heavy atom. The predicted octanol–water partition coefficient (Wildman–Crippen LogP) is 6.46. The van der Waals surface area contributed by atoms with Gasteiger partial charge in [0.1, 0.15) is 12.2 Å². The molecule has 1 aliphatic heterocycles. The first-order chi connectivity index (χ1) is 18.3. The first kappa shape index (κ1) is 25.9. The number of ether oxygens (including phenoxy) is 2. The molecular formula is C29H20BrIN2O5. The highest BCUT2D eigenvalue weighted by Gasteiger charge is 2.36. The van der Waals surface area contributed by atoms with Crippen molar-refractivity contribution >= 4 is 78.9 Å². The van der Waals surface area contributed by atoms with Gasteiger partial charge in [-0.05, 0) is 93.0 Å². The van der Waals surface area contributed by atoms with Crippen LogP contribution in [0.4, 0.5) is 10.5 Å². The number of barbiturate groups is 1. The van der Waals surface area contributed by atoms with Crippen LogP contribution in [0.1, 0.15) is 11.1 Å². The maximum absolute atomic E-state index is 13.2. The van der Waals surface area contributed by atoms with Crippen LogP contribution in [-0.2, 0) is 16.2 Å². The van der Waals surface area contributed by atoms with E-state index in [0.717, 1.165) is 29.3 Å². The van der Waals surface area contributed by atoms with Crippen molar-refractivity contribution in [3.63, 3.8) is 0 Å². The number of fused-ring (bicyclic) bond motifs is 1. The molecule has 0 spiro atoms. The summed E-state index contributed by atoms with van der Waals surface area (Å²) in [5.41, 5.74) is 1.73. The zero-order chi connectivity index (χ0) is 26.8. The number of carbonyl (C=O) groups excluding carboxylic acids is 3. The first-order valence-electron chi connectivity index (χ1n) is 11.5. The second kappa shape index (κ2) is 11.0. The summed E-state index contributed by atoms with van der Waals surface area (Å²) in [6.45, 7) is 0.336. The monoisotopic (exact) mass is 682 g/mol. The third-order valence-electron chi connectivity index (χ3n) is 5.95. The molecule has 1 fully saturated rings. The Kier molecular flexibility index (Phi) is 7.48. The van der Waals surface area contributed by atoms with Crippen LogP contribution in [0.5, 0.6) is 11.5 Å². The van der Waals surface area contributed by atoms with Crippen LogP contribution in [0.3, 0.4) is 0 Å². The van der Waals surface area contributed by atoms with Gasteiger partial charge in [0.05, 0.1) is 16.4 Å². The van der Waals surface area contributed by atoms with Gasteiger partial charge in [0, 0.05) is 4.47 Å². The molecule has 9 heteroatoms. The van der Waals surface area contributed by atoms with Crippen molar-refractivity contribution in [3.05, 3.63) is 104 Å². The number of methoxy groups -OCH3 is 1. The summed E-state index contributed by atoms with van der Waals surface area (Å²) in [6.07, 6.45) is 1.44. The Labute approximate surface area is 240 Å². The van der Waals surface area contributed by atoms with Crippen LogP contribution in [-0.4, -0.2) is 25.0 Å². The minimum Gasteiger partial charge on any atom is -0.493 e. The van der Waals surface area contributed by atoms with Crippen molar-refractivity contribution in [2.45, 2.75) is 6.61 Å². The molecule has 0 saturated carbocycles. The Hall–Kier alpha value is -3.70. The molecule has 0 radical (unpaired) electrons. The molecule has 4 amide bonds. The van der Waals surface area contributed by atoms with Crippen molar-refractivity contribution in [3.8, 4) is 11.5 Å². The summed E-state index contributed by atoms with van der Waals surface area (Å²) >= 11 is 5.46. The number of rotatable bonds is 6. The minimum atomic E-state index is -0.802. The lowest BCUT2D eigenvalue weighted by atomic mass is 10.1. The molecule has 5 rings (SSSR count). The second-order valence-electron chi connectivity index (χ2n) is 8.44. The van der Waals surface area contributed by atoms with E-state index in [1.54, 1.807) is 36.4 Å². The van der Waals surface area contributed by atoms with Crippen molar-refractivity contribution in [1.29, 1.82) is 0 Å². The fourth-order valence-corrected chi connectivity index (χ4v) is 5.14. The number of carbonyl (C=O) groups is 3. The molecule has 1 heterocycles. The molecular weight excluding hydrogens is 663 g/mol. The number of nitrogens with one attached hydrogen (secondary N) is 1. The van der Waals surface area contributed by atoms with Crippen molar-refractivity contribution in [1.82, 2.24) is 5.32 Å². The Bertz CT molecular complexity index is 1620. The largest absolute Gasteiger partial charge is 0.493 e. The van der Waals surface area contributed by atoms with E-state index in [2.05, 4.69) is 68.1 Å².